The topological polar surface area (TPSA) is 42.0 Å². The minimum atomic E-state index is -0.463. The van der Waals surface area contributed by atoms with Crippen molar-refractivity contribution in [2.24, 2.45) is 0 Å². The van der Waals surface area contributed by atoms with Crippen LogP contribution in [-0.2, 0) is 16.1 Å². The molecule has 0 unspecified atom stereocenters. The van der Waals surface area contributed by atoms with Crippen LogP contribution in [0.25, 0.3) is 0 Å². The van der Waals surface area contributed by atoms with Crippen LogP contribution >= 0.6 is 11.8 Å². The van der Waals surface area contributed by atoms with Gasteiger partial charge in [-0.3, -0.25) is 0 Å². The Hall–Kier alpha value is -1.33. The quantitative estimate of drug-likeness (QED) is 0.564. The van der Waals surface area contributed by atoms with Gasteiger partial charge in [-0.05, 0) is 17.7 Å². The lowest BCUT2D eigenvalue weighted by molar-refractivity contribution is 0.0211. The second-order valence-electron chi connectivity index (χ2n) is 5.73. The van der Waals surface area contributed by atoms with E-state index in [1.807, 2.05) is 48.5 Å². The highest BCUT2D eigenvalue weighted by molar-refractivity contribution is 7.99. The number of thioether (sulfide) groups is 1. The van der Waals surface area contributed by atoms with Crippen LogP contribution in [0.2, 0.25) is 0 Å². The maximum absolute atomic E-state index is 10.0. The average Bonchev–Trinajstić information content (AvgIpc) is 3.33. The third-order valence-corrected chi connectivity index (χ3v) is 4.87. The monoisotopic (exact) mass is 330 g/mol. The van der Waals surface area contributed by atoms with Crippen LogP contribution in [0.4, 0.5) is 0 Å². The van der Waals surface area contributed by atoms with E-state index in [0.29, 0.717) is 19.6 Å². The van der Waals surface area contributed by atoms with Gasteiger partial charge in [0.1, 0.15) is 0 Å². The summed E-state index contributed by atoms with van der Waals surface area (Å²) in [5.41, 5.74) is 1.12. The Bertz CT molecular complexity index is 576. The fraction of sp³-hybridized carbons (Fsp3) is 0.368. The van der Waals surface area contributed by atoms with E-state index in [9.17, 15) is 5.11 Å². The summed E-state index contributed by atoms with van der Waals surface area (Å²) in [6.07, 6.45) is 0.607. The molecule has 0 bridgehead atoms. The Labute approximate surface area is 141 Å². The summed E-state index contributed by atoms with van der Waals surface area (Å²) in [6.45, 7) is 0.893. The molecule has 122 valence electrons. The van der Waals surface area contributed by atoms with Crippen LogP contribution in [0.15, 0.2) is 65.6 Å². The number of hydrogen-bond donors (Lipinski definition) is 1. The molecule has 4 heteroatoms. The van der Waals surface area contributed by atoms with E-state index in [1.165, 1.54) is 4.90 Å². The molecule has 3 nitrogen and oxygen atoms in total. The zero-order valence-corrected chi connectivity index (χ0v) is 13.8. The number of rotatable bonds is 9. The maximum Gasteiger partial charge on any atom is 0.0936 e. The number of epoxide rings is 1. The summed E-state index contributed by atoms with van der Waals surface area (Å²) in [5, 5.41) is 10.0. The van der Waals surface area contributed by atoms with Gasteiger partial charge in [0.05, 0.1) is 31.5 Å². The largest absolute Gasteiger partial charge is 0.391 e. The fourth-order valence-corrected chi connectivity index (χ4v) is 3.45. The van der Waals surface area contributed by atoms with E-state index in [0.717, 1.165) is 11.3 Å². The van der Waals surface area contributed by atoms with Gasteiger partial charge in [0.25, 0.3) is 0 Å². The Kier molecular flexibility index (Phi) is 6.11. The van der Waals surface area contributed by atoms with Crippen LogP contribution in [0.5, 0.6) is 0 Å². The Morgan fingerprint density at radius 3 is 2.43 bits per heavy atom. The summed E-state index contributed by atoms with van der Waals surface area (Å²) in [7, 11) is 0. The number of ether oxygens (including phenoxy) is 2. The summed E-state index contributed by atoms with van der Waals surface area (Å²) >= 11 is 1.80. The van der Waals surface area contributed by atoms with Crippen molar-refractivity contribution < 1.29 is 14.6 Å². The van der Waals surface area contributed by atoms with Crippen molar-refractivity contribution in [3.8, 4) is 0 Å². The molecule has 0 saturated carbocycles. The first-order chi connectivity index (χ1) is 11.3. The molecular weight excluding hydrogens is 308 g/mol. The van der Waals surface area contributed by atoms with Crippen molar-refractivity contribution in [1.29, 1.82) is 0 Å². The molecule has 0 aliphatic carbocycles. The first-order valence-corrected chi connectivity index (χ1v) is 8.93. The van der Waals surface area contributed by atoms with E-state index in [-0.39, 0.29) is 12.2 Å². The molecule has 2 aromatic carbocycles. The van der Waals surface area contributed by atoms with Crippen molar-refractivity contribution in [1.82, 2.24) is 0 Å². The van der Waals surface area contributed by atoms with Crippen LogP contribution in [0.1, 0.15) is 12.0 Å². The number of hydrogen-bond acceptors (Lipinski definition) is 4. The molecule has 3 rings (SSSR count). The zero-order chi connectivity index (χ0) is 15.9. The molecule has 3 atom stereocenters. The maximum atomic E-state index is 10.0. The second kappa shape index (κ2) is 8.50. The number of aliphatic hydroxyl groups excluding tert-OH is 1. The SMILES string of the molecule is O[C@H](COCc1ccccc1)C[C@@H]1O[C@@H]1CSc1ccccc1. The molecule has 0 aromatic heterocycles. The highest BCUT2D eigenvalue weighted by atomic mass is 32.2. The summed E-state index contributed by atoms with van der Waals surface area (Å²) < 4.78 is 11.2. The van der Waals surface area contributed by atoms with Crippen LogP contribution in [-0.4, -0.2) is 35.8 Å². The normalized spacial score (nSPS) is 21.1. The van der Waals surface area contributed by atoms with Gasteiger partial charge in [0.15, 0.2) is 0 Å². The molecule has 0 spiro atoms. The average molecular weight is 330 g/mol. The van der Waals surface area contributed by atoms with Crippen molar-refractivity contribution >= 4 is 11.8 Å². The second-order valence-corrected chi connectivity index (χ2v) is 6.82. The van der Waals surface area contributed by atoms with Gasteiger partial charge in [-0.15, -0.1) is 11.8 Å². The van der Waals surface area contributed by atoms with Gasteiger partial charge >= 0.3 is 0 Å². The third kappa shape index (κ3) is 5.66. The van der Waals surface area contributed by atoms with Crippen LogP contribution in [0, 0.1) is 0 Å². The van der Waals surface area contributed by atoms with Gasteiger partial charge in [0.2, 0.25) is 0 Å². The molecule has 2 aromatic rings. The Morgan fingerprint density at radius 2 is 1.70 bits per heavy atom. The van der Waals surface area contributed by atoms with Crippen molar-refractivity contribution in [3.05, 3.63) is 66.2 Å². The predicted molar refractivity (Wildman–Crippen MR) is 92.5 cm³/mol. The van der Waals surface area contributed by atoms with Crippen LogP contribution < -0.4 is 0 Å². The first kappa shape index (κ1) is 16.5. The molecule has 0 radical (unpaired) electrons. The van der Waals surface area contributed by atoms with Gasteiger partial charge in [-0.2, -0.15) is 0 Å². The van der Waals surface area contributed by atoms with Gasteiger partial charge in [-0.25, -0.2) is 0 Å². The Balaban J connectivity index is 1.28. The molecule has 1 heterocycles. The third-order valence-electron chi connectivity index (χ3n) is 3.77. The number of aliphatic hydroxyl groups is 1. The van der Waals surface area contributed by atoms with E-state index >= 15 is 0 Å². The molecule has 1 N–H and O–H groups in total. The highest BCUT2D eigenvalue weighted by Crippen LogP contribution is 2.32. The highest BCUT2D eigenvalue weighted by Gasteiger charge is 2.39. The van der Waals surface area contributed by atoms with E-state index in [4.69, 9.17) is 9.47 Å². The predicted octanol–water partition coefficient (Wildman–Crippen LogP) is 3.51. The molecular formula is C19H22O3S. The van der Waals surface area contributed by atoms with E-state index < -0.39 is 6.10 Å². The van der Waals surface area contributed by atoms with E-state index in [1.54, 1.807) is 11.8 Å². The summed E-state index contributed by atoms with van der Waals surface area (Å²) in [4.78, 5) is 1.26. The summed E-state index contributed by atoms with van der Waals surface area (Å²) in [6, 6.07) is 20.3. The van der Waals surface area contributed by atoms with Crippen LogP contribution in [0.3, 0.4) is 0 Å². The minimum absolute atomic E-state index is 0.168. The van der Waals surface area contributed by atoms with Gasteiger partial charge in [-0.1, -0.05) is 48.5 Å². The Morgan fingerprint density at radius 1 is 1.00 bits per heavy atom. The lowest BCUT2D eigenvalue weighted by Crippen LogP contribution is -2.18. The van der Waals surface area contributed by atoms with Gasteiger partial charge in [0, 0.05) is 17.1 Å². The van der Waals surface area contributed by atoms with Crippen molar-refractivity contribution in [3.63, 3.8) is 0 Å². The lowest BCUT2D eigenvalue weighted by atomic mass is 10.2. The summed E-state index contributed by atoms with van der Waals surface area (Å²) in [5.74, 6) is 0.937. The molecule has 23 heavy (non-hydrogen) atoms. The first-order valence-electron chi connectivity index (χ1n) is 7.94. The van der Waals surface area contributed by atoms with Gasteiger partial charge < -0.3 is 14.6 Å². The smallest absolute Gasteiger partial charge is 0.0936 e. The van der Waals surface area contributed by atoms with E-state index in [2.05, 4.69) is 12.1 Å². The molecule has 1 fully saturated rings. The standard InChI is InChI=1S/C19H22O3S/c20-16(13-21-12-15-7-3-1-4-8-15)11-18-19(22-18)14-23-17-9-5-2-6-10-17/h1-10,16,18-20H,11-14H2/t16-,18-,19+/m0/s1. The molecule has 1 saturated heterocycles. The van der Waals surface area contributed by atoms with Crippen molar-refractivity contribution in [2.75, 3.05) is 12.4 Å². The fourth-order valence-electron chi connectivity index (χ4n) is 2.45. The number of benzene rings is 2. The molecule has 0 amide bonds. The molecule has 1 aliphatic rings. The zero-order valence-electron chi connectivity index (χ0n) is 13.0. The lowest BCUT2D eigenvalue weighted by Gasteiger charge is -2.10. The van der Waals surface area contributed by atoms with Crippen molar-refractivity contribution in [2.45, 2.75) is 36.2 Å². The molecule has 1 aliphatic heterocycles. The minimum Gasteiger partial charge on any atom is -0.391 e.